The first-order valence-electron chi connectivity index (χ1n) is 5.02. The minimum absolute atomic E-state index is 0.373. The number of unbranched alkanes of at least 4 members (excludes halogenated alkanes) is 2. The van der Waals surface area contributed by atoms with Crippen LogP contribution in [0, 0.1) is 0 Å². The lowest BCUT2D eigenvalue weighted by Gasteiger charge is -2.04. The van der Waals surface area contributed by atoms with E-state index in [0.29, 0.717) is 12.0 Å². The summed E-state index contributed by atoms with van der Waals surface area (Å²) in [4.78, 5) is 22.2. The normalized spacial score (nSPS) is 11.0. The summed E-state index contributed by atoms with van der Waals surface area (Å²) in [7, 11) is 2.58. The van der Waals surface area contributed by atoms with Crippen LogP contribution < -0.4 is 0 Å². The molecule has 0 radical (unpaired) electrons. The molecule has 0 aromatic rings. The van der Waals surface area contributed by atoms with E-state index < -0.39 is 11.9 Å². The molecule has 4 heteroatoms. The third kappa shape index (κ3) is 5.88. The van der Waals surface area contributed by atoms with Crippen molar-refractivity contribution in [2.24, 2.45) is 0 Å². The molecule has 86 valence electrons. The molecule has 0 bridgehead atoms. The first-order chi connectivity index (χ1) is 7.15. The fourth-order valence-corrected chi connectivity index (χ4v) is 1.13. The Morgan fingerprint density at radius 3 is 2.27 bits per heavy atom. The summed E-state index contributed by atoms with van der Waals surface area (Å²) >= 11 is 0. The van der Waals surface area contributed by atoms with Crippen LogP contribution in [0.25, 0.3) is 0 Å². The van der Waals surface area contributed by atoms with E-state index in [0.717, 1.165) is 19.3 Å². The summed E-state index contributed by atoms with van der Waals surface area (Å²) in [6, 6.07) is 0. The van der Waals surface area contributed by atoms with E-state index in [1.54, 1.807) is 0 Å². The average molecular weight is 214 g/mol. The summed E-state index contributed by atoms with van der Waals surface area (Å²) in [5.74, 6) is -0.983. The van der Waals surface area contributed by atoms with Gasteiger partial charge in [0.15, 0.2) is 0 Å². The van der Waals surface area contributed by atoms with Crippen LogP contribution in [0.15, 0.2) is 11.6 Å². The van der Waals surface area contributed by atoms with Crippen molar-refractivity contribution in [3.8, 4) is 0 Å². The number of rotatable bonds is 6. The smallest absolute Gasteiger partial charge is 0.333 e. The monoisotopic (exact) mass is 214 g/mol. The van der Waals surface area contributed by atoms with E-state index in [1.807, 2.05) is 0 Å². The highest BCUT2D eigenvalue weighted by Gasteiger charge is 2.11. The fourth-order valence-electron chi connectivity index (χ4n) is 1.13. The molecule has 0 saturated heterocycles. The van der Waals surface area contributed by atoms with Crippen LogP contribution >= 0.6 is 0 Å². The van der Waals surface area contributed by atoms with Gasteiger partial charge in [-0.2, -0.15) is 0 Å². The Bertz CT molecular complexity index is 243. The quantitative estimate of drug-likeness (QED) is 0.384. The second-order valence-corrected chi connectivity index (χ2v) is 3.14. The van der Waals surface area contributed by atoms with Gasteiger partial charge in [0.05, 0.1) is 14.2 Å². The molecule has 0 spiro atoms. The van der Waals surface area contributed by atoms with Gasteiger partial charge in [-0.05, 0) is 12.8 Å². The molecule has 0 unspecified atom stereocenters. The van der Waals surface area contributed by atoms with E-state index in [2.05, 4.69) is 16.4 Å². The first-order valence-corrected chi connectivity index (χ1v) is 5.02. The van der Waals surface area contributed by atoms with Gasteiger partial charge in [-0.25, -0.2) is 9.59 Å². The van der Waals surface area contributed by atoms with Gasteiger partial charge < -0.3 is 9.47 Å². The van der Waals surface area contributed by atoms with Crippen LogP contribution in [-0.2, 0) is 19.1 Å². The van der Waals surface area contributed by atoms with E-state index in [4.69, 9.17) is 0 Å². The molecule has 0 fully saturated rings. The number of ether oxygens (including phenoxy) is 2. The minimum Gasteiger partial charge on any atom is -0.466 e. The molecular weight excluding hydrogens is 196 g/mol. The summed E-state index contributed by atoms with van der Waals surface area (Å²) < 4.78 is 9.03. The van der Waals surface area contributed by atoms with Crippen molar-refractivity contribution in [2.75, 3.05) is 14.2 Å². The van der Waals surface area contributed by atoms with Gasteiger partial charge in [-0.15, -0.1) is 0 Å². The molecule has 0 aliphatic heterocycles. The van der Waals surface area contributed by atoms with E-state index in [9.17, 15) is 9.59 Å². The molecule has 0 heterocycles. The van der Waals surface area contributed by atoms with Crippen LogP contribution in [0.3, 0.4) is 0 Å². The molecular formula is C11H18O4. The molecule has 0 amide bonds. The average Bonchev–Trinajstić information content (AvgIpc) is 2.26. The maximum absolute atomic E-state index is 11.3. The van der Waals surface area contributed by atoms with Gasteiger partial charge >= 0.3 is 11.9 Å². The molecule has 0 rings (SSSR count). The van der Waals surface area contributed by atoms with Crippen molar-refractivity contribution in [3.63, 3.8) is 0 Å². The van der Waals surface area contributed by atoms with Crippen LogP contribution in [-0.4, -0.2) is 26.2 Å². The van der Waals surface area contributed by atoms with Gasteiger partial charge in [0.25, 0.3) is 0 Å². The van der Waals surface area contributed by atoms with Crippen molar-refractivity contribution in [3.05, 3.63) is 11.6 Å². The largest absolute Gasteiger partial charge is 0.466 e. The summed E-state index contributed by atoms with van der Waals surface area (Å²) in [6.07, 6.45) is 4.70. The van der Waals surface area contributed by atoms with Crippen LogP contribution in [0.5, 0.6) is 0 Å². The maximum atomic E-state index is 11.3. The predicted octanol–water partition coefficient (Wildman–Crippen LogP) is 1.84. The van der Waals surface area contributed by atoms with Gasteiger partial charge in [0, 0.05) is 11.6 Å². The SMILES string of the molecule is CCCCCC(=CC(=O)OC)C(=O)OC. The molecule has 0 atom stereocenters. The third-order valence-electron chi connectivity index (χ3n) is 1.99. The minimum atomic E-state index is -0.521. The number of hydrogen-bond acceptors (Lipinski definition) is 4. The number of hydrogen-bond donors (Lipinski definition) is 0. The van der Waals surface area contributed by atoms with Crippen molar-refractivity contribution in [1.29, 1.82) is 0 Å². The van der Waals surface area contributed by atoms with Crippen molar-refractivity contribution in [1.82, 2.24) is 0 Å². The second kappa shape index (κ2) is 8.03. The Morgan fingerprint density at radius 2 is 1.80 bits per heavy atom. The lowest BCUT2D eigenvalue weighted by molar-refractivity contribution is -0.138. The van der Waals surface area contributed by atoms with E-state index in [1.165, 1.54) is 20.3 Å². The Hall–Kier alpha value is -1.32. The Balaban J connectivity index is 4.37. The third-order valence-corrected chi connectivity index (χ3v) is 1.99. The molecule has 0 aliphatic rings. The Labute approximate surface area is 90.2 Å². The molecule has 0 aromatic heterocycles. The van der Waals surface area contributed by atoms with Gasteiger partial charge in [-0.3, -0.25) is 0 Å². The lowest BCUT2D eigenvalue weighted by Crippen LogP contribution is -2.08. The standard InChI is InChI=1S/C11H18O4/c1-4-5-6-7-9(11(13)15-3)8-10(12)14-2/h8H,4-7H2,1-3H3. The Morgan fingerprint density at radius 1 is 1.13 bits per heavy atom. The molecule has 0 aromatic carbocycles. The summed E-state index contributed by atoms with van der Waals surface area (Å²) in [5.41, 5.74) is 0.373. The van der Waals surface area contributed by atoms with Crippen molar-refractivity contribution < 1.29 is 19.1 Å². The van der Waals surface area contributed by atoms with Gasteiger partial charge in [0.1, 0.15) is 0 Å². The Kier molecular flexibility index (Phi) is 7.32. The van der Waals surface area contributed by atoms with Crippen LogP contribution in [0.4, 0.5) is 0 Å². The summed E-state index contributed by atoms with van der Waals surface area (Å²) in [5, 5.41) is 0. The summed E-state index contributed by atoms with van der Waals surface area (Å²) in [6.45, 7) is 2.07. The molecule has 0 saturated carbocycles. The van der Waals surface area contributed by atoms with Gasteiger partial charge in [0.2, 0.25) is 0 Å². The highest BCUT2D eigenvalue weighted by atomic mass is 16.5. The molecule has 4 nitrogen and oxygen atoms in total. The number of esters is 2. The van der Waals surface area contributed by atoms with E-state index >= 15 is 0 Å². The number of methoxy groups -OCH3 is 2. The zero-order valence-electron chi connectivity index (χ0n) is 9.54. The number of carbonyl (C=O) groups is 2. The van der Waals surface area contributed by atoms with Crippen molar-refractivity contribution >= 4 is 11.9 Å². The first kappa shape index (κ1) is 13.7. The van der Waals surface area contributed by atoms with E-state index in [-0.39, 0.29) is 0 Å². The zero-order chi connectivity index (χ0) is 11.7. The lowest BCUT2D eigenvalue weighted by atomic mass is 10.1. The van der Waals surface area contributed by atoms with Crippen LogP contribution in [0.2, 0.25) is 0 Å². The second-order valence-electron chi connectivity index (χ2n) is 3.14. The zero-order valence-corrected chi connectivity index (χ0v) is 9.54. The van der Waals surface area contributed by atoms with Gasteiger partial charge in [-0.1, -0.05) is 19.8 Å². The molecule has 0 aliphatic carbocycles. The molecule has 0 N–H and O–H groups in total. The molecule has 15 heavy (non-hydrogen) atoms. The predicted molar refractivity (Wildman–Crippen MR) is 56.3 cm³/mol. The highest BCUT2D eigenvalue weighted by molar-refractivity contribution is 5.96. The fraction of sp³-hybridized carbons (Fsp3) is 0.636. The highest BCUT2D eigenvalue weighted by Crippen LogP contribution is 2.10. The van der Waals surface area contributed by atoms with Crippen molar-refractivity contribution in [2.45, 2.75) is 32.6 Å². The maximum Gasteiger partial charge on any atom is 0.333 e. The number of carbonyl (C=O) groups excluding carboxylic acids is 2. The topological polar surface area (TPSA) is 52.6 Å². The van der Waals surface area contributed by atoms with Crippen LogP contribution in [0.1, 0.15) is 32.6 Å².